The van der Waals surface area contributed by atoms with Gasteiger partial charge in [0.15, 0.2) is 6.10 Å². The van der Waals surface area contributed by atoms with E-state index in [1.807, 2.05) is 48.5 Å². The van der Waals surface area contributed by atoms with E-state index in [1.54, 1.807) is 6.92 Å². The zero-order valence-corrected chi connectivity index (χ0v) is 14.5. The molecule has 5 heteroatoms. The number of hydrogen-bond acceptors (Lipinski definition) is 2. The Bertz CT molecular complexity index is 584. The van der Waals surface area contributed by atoms with Crippen molar-refractivity contribution in [1.29, 1.82) is 0 Å². The fourth-order valence-corrected chi connectivity index (χ4v) is 2.17. The third-order valence-electron chi connectivity index (χ3n) is 2.61. The van der Waals surface area contributed by atoms with E-state index in [4.69, 9.17) is 4.74 Å². The monoisotopic (exact) mass is 445 g/mol. The molecule has 0 aromatic heterocycles. The Hall–Kier alpha value is -1.08. The van der Waals surface area contributed by atoms with E-state index in [1.165, 1.54) is 0 Å². The molecule has 3 nitrogen and oxygen atoms in total. The summed E-state index contributed by atoms with van der Waals surface area (Å²) >= 11 is 5.58. The molecule has 0 aliphatic carbocycles. The molecular weight excluding hydrogens is 433 g/mol. The molecule has 0 spiro atoms. The Balaban J connectivity index is 1.94. The van der Waals surface area contributed by atoms with Gasteiger partial charge >= 0.3 is 0 Å². The average molecular weight is 446 g/mol. The largest absolute Gasteiger partial charge is 0.481 e. The van der Waals surface area contributed by atoms with Crippen LogP contribution in [0, 0.1) is 3.57 Å². The van der Waals surface area contributed by atoms with E-state index < -0.39 is 6.10 Å². The first-order valence-corrected chi connectivity index (χ1v) is 7.90. The lowest BCUT2D eigenvalue weighted by atomic mass is 10.3. The molecule has 0 fully saturated rings. The van der Waals surface area contributed by atoms with Gasteiger partial charge in [0.25, 0.3) is 5.91 Å². The average Bonchev–Trinajstić information content (AvgIpc) is 2.44. The maximum atomic E-state index is 12.0. The van der Waals surface area contributed by atoms with Gasteiger partial charge in [0.1, 0.15) is 5.75 Å². The lowest BCUT2D eigenvalue weighted by molar-refractivity contribution is -0.122. The number of anilines is 1. The van der Waals surface area contributed by atoms with Gasteiger partial charge in [-0.05, 0) is 78.0 Å². The van der Waals surface area contributed by atoms with Crippen LogP contribution < -0.4 is 10.1 Å². The molecule has 1 amide bonds. The van der Waals surface area contributed by atoms with Crippen LogP contribution in [0.5, 0.6) is 5.75 Å². The van der Waals surface area contributed by atoms with E-state index in [-0.39, 0.29) is 5.91 Å². The van der Waals surface area contributed by atoms with Crippen molar-refractivity contribution in [3.63, 3.8) is 0 Å². The number of carbonyl (C=O) groups excluding carboxylic acids is 1. The number of ether oxygens (including phenoxy) is 1. The molecule has 104 valence electrons. The third kappa shape index (κ3) is 4.49. The van der Waals surface area contributed by atoms with Gasteiger partial charge < -0.3 is 10.1 Å². The van der Waals surface area contributed by atoms with Crippen LogP contribution in [0.3, 0.4) is 0 Å². The molecule has 0 unspecified atom stereocenters. The zero-order chi connectivity index (χ0) is 14.5. The number of benzene rings is 2. The van der Waals surface area contributed by atoms with Gasteiger partial charge in [-0.1, -0.05) is 15.9 Å². The lowest BCUT2D eigenvalue weighted by Crippen LogP contribution is -2.30. The Kier molecular flexibility index (Phi) is 5.42. The maximum absolute atomic E-state index is 12.0. The molecule has 0 radical (unpaired) electrons. The van der Waals surface area contributed by atoms with Crippen molar-refractivity contribution in [2.24, 2.45) is 0 Å². The van der Waals surface area contributed by atoms with E-state index in [0.29, 0.717) is 5.75 Å². The summed E-state index contributed by atoms with van der Waals surface area (Å²) in [6, 6.07) is 15.0. The molecule has 0 bridgehead atoms. The number of nitrogens with one attached hydrogen (secondary N) is 1. The third-order valence-corrected chi connectivity index (χ3v) is 3.86. The van der Waals surface area contributed by atoms with E-state index in [2.05, 4.69) is 43.8 Å². The SMILES string of the molecule is C[C@@H](Oc1ccc(Br)cc1)C(=O)Nc1ccc(I)cc1. The van der Waals surface area contributed by atoms with Gasteiger partial charge in [-0.2, -0.15) is 0 Å². The number of amides is 1. The number of halogens is 2. The van der Waals surface area contributed by atoms with Crippen molar-refractivity contribution in [1.82, 2.24) is 0 Å². The second-order valence-electron chi connectivity index (χ2n) is 4.21. The van der Waals surface area contributed by atoms with Crippen LogP contribution in [0.25, 0.3) is 0 Å². The van der Waals surface area contributed by atoms with Crippen molar-refractivity contribution in [3.05, 3.63) is 56.6 Å². The molecule has 20 heavy (non-hydrogen) atoms. The fraction of sp³-hybridized carbons (Fsp3) is 0.133. The zero-order valence-electron chi connectivity index (χ0n) is 10.8. The molecule has 2 aromatic rings. The summed E-state index contributed by atoms with van der Waals surface area (Å²) in [5.41, 5.74) is 0.765. The quantitative estimate of drug-likeness (QED) is 0.705. The topological polar surface area (TPSA) is 38.3 Å². The van der Waals surface area contributed by atoms with E-state index in [0.717, 1.165) is 13.7 Å². The van der Waals surface area contributed by atoms with Crippen LogP contribution in [-0.4, -0.2) is 12.0 Å². The van der Waals surface area contributed by atoms with Crippen LogP contribution >= 0.6 is 38.5 Å². The van der Waals surface area contributed by atoms with Crippen LogP contribution in [0.1, 0.15) is 6.92 Å². The minimum absolute atomic E-state index is 0.172. The standard InChI is InChI=1S/C15H13BrINO2/c1-10(20-14-8-2-11(16)3-9-14)15(19)18-13-6-4-12(17)5-7-13/h2-10H,1H3,(H,18,19)/t10-/m1/s1. The summed E-state index contributed by atoms with van der Waals surface area (Å²) in [5, 5.41) is 2.82. The summed E-state index contributed by atoms with van der Waals surface area (Å²) in [6.45, 7) is 1.73. The molecule has 0 saturated heterocycles. The van der Waals surface area contributed by atoms with Crippen LogP contribution in [0.4, 0.5) is 5.69 Å². The molecular formula is C15H13BrINO2. The summed E-state index contributed by atoms with van der Waals surface area (Å²) < 4.78 is 7.69. The Morgan fingerprint density at radius 3 is 2.35 bits per heavy atom. The second kappa shape index (κ2) is 7.08. The van der Waals surface area contributed by atoms with Gasteiger partial charge in [0.2, 0.25) is 0 Å². The predicted octanol–water partition coefficient (Wildman–Crippen LogP) is 4.46. The highest BCUT2D eigenvalue weighted by molar-refractivity contribution is 14.1. The molecule has 1 N–H and O–H groups in total. The molecule has 0 heterocycles. The minimum atomic E-state index is -0.560. The highest BCUT2D eigenvalue weighted by Crippen LogP contribution is 2.18. The van der Waals surface area contributed by atoms with Crippen molar-refractivity contribution in [2.75, 3.05) is 5.32 Å². The minimum Gasteiger partial charge on any atom is -0.481 e. The van der Waals surface area contributed by atoms with Crippen LogP contribution in [-0.2, 0) is 4.79 Å². The van der Waals surface area contributed by atoms with Crippen molar-refractivity contribution in [3.8, 4) is 5.75 Å². The van der Waals surface area contributed by atoms with Crippen LogP contribution in [0.15, 0.2) is 53.0 Å². The summed E-state index contributed by atoms with van der Waals surface area (Å²) in [6.07, 6.45) is -0.560. The predicted molar refractivity (Wildman–Crippen MR) is 92.0 cm³/mol. The fourth-order valence-electron chi connectivity index (χ4n) is 1.55. The number of rotatable bonds is 4. The van der Waals surface area contributed by atoms with Gasteiger partial charge in [-0.25, -0.2) is 0 Å². The van der Waals surface area contributed by atoms with Crippen molar-refractivity contribution < 1.29 is 9.53 Å². The first kappa shape index (κ1) is 15.3. The highest BCUT2D eigenvalue weighted by Gasteiger charge is 2.14. The van der Waals surface area contributed by atoms with Gasteiger partial charge in [0, 0.05) is 13.7 Å². The van der Waals surface area contributed by atoms with E-state index in [9.17, 15) is 4.79 Å². The highest BCUT2D eigenvalue weighted by atomic mass is 127. The van der Waals surface area contributed by atoms with E-state index >= 15 is 0 Å². The maximum Gasteiger partial charge on any atom is 0.265 e. The van der Waals surface area contributed by atoms with Crippen molar-refractivity contribution in [2.45, 2.75) is 13.0 Å². The smallest absolute Gasteiger partial charge is 0.265 e. The van der Waals surface area contributed by atoms with Crippen molar-refractivity contribution >= 4 is 50.1 Å². The van der Waals surface area contributed by atoms with Gasteiger partial charge in [-0.15, -0.1) is 0 Å². The normalized spacial score (nSPS) is 11.8. The summed E-state index contributed by atoms with van der Waals surface area (Å²) in [4.78, 5) is 12.0. The Morgan fingerprint density at radius 1 is 1.15 bits per heavy atom. The molecule has 2 rings (SSSR count). The molecule has 0 saturated carbocycles. The molecule has 0 aliphatic rings. The number of hydrogen-bond donors (Lipinski definition) is 1. The number of carbonyl (C=O) groups is 1. The molecule has 2 aromatic carbocycles. The Labute approximate surface area is 140 Å². The summed E-state index contributed by atoms with van der Waals surface area (Å²) in [5.74, 6) is 0.493. The van der Waals surface area contributed by atoms with Gasteiger partial charge in [0.05, 0.1) is 0 Å². The Morgan fingerprint density at radius 2 is 1.75 bits per heavy atom. The molecule has 0 aliphatic heterocycles. The first-order chi connectivity index (χ1) is 9.54. The first-order valence-electron chi connectivity index (χ1n) is 6.03. The molecule has 1 atom stereocenters. The second-order valence-corrected chi connectivity index (χ2v) is 6.37. The lowest BCUT2D eigenvalue weighted by Gasteiger charge is -2.14. The summed E-state index contributed by atoms with van der Waals surface area (Å²) in [7, 11) is 0. The van der Waals surface area contributed by atoms with Gasteiger partial charge in [-0.3, -0.25) is 4.79 Å². The van der Waals surface area contributed by atoms with Crippen LogP contribution in [0.2, 0.25) is 0 Å².